The summed E-state index contributed by atoms with van der Waals surface area (Å²) < 4.78 is 7.18. The van der Waals surface area contributed by atoms with E-state index in [4.69, 9.17) is 4.74 Å². The van der Waals surface area contributed by atoms with Gasteiger partial charge in [-0.3, -0.25) is 4.98 Å². The Labute approximate surface area is 147 Å². The molecule has 25 heavy (non-hydrogen) atoms. The van der Waals surface area contributed by atoms with E-state index in [1.807, 2.05) is 50.2 Å². The molecule has 128 valence electrons. The van der Waals surface area contributed by atoms with Crippen molar-refractivity contribution in [3.8, 4) is 5.69 Å². The molecule has 0 saturated heterocycles. The van der Waals surface area contributed by atoms with E-state index in [0.29, 0.717) is 12.2 Å². The molecule has 2 heterocycles. The maximum Gasteiger partial charge on any atom is 0.341 e. The van der Waals surface area contributed by atoms with Crippen LogP contribution in [0.25, 0.3) is 5.69 Å². The number of aromatic nitrogens is 3. The molecule has 0 aliphatic carbocycles. The zero-order chi connectivity index (χ0) is 17.6. The van der Waals surface area contributed by atoms with Crippen LogP contribution >= 0.6 is 0 Å². The lowest BCUT2D eigenvalue weighted by Gasteiger charge is -2.08. The first-order valence-electron chi connectivity index (χ1n) is 8.33. The number of para-hydroxylation sites is 1. The highest BCUT2D eigenvalue weighted by Gasteiger charge is 2.17. The molecule has 0 N–H and O–H groups in total. The Hall–Kier alpha value is -2.95. The van der Waals surface area contributed by atoms with Gasteiger partial charge in [-0.1, -0.05) is 18.2 Å². The molecule has 5 heteroatoms. The molecule has 0 atom stereocenters. The van der Waals surface area contributed by atoms with Gasteiger partial charge in [0.15, 0.2) is 0 Å². The van der Waals surface area contributed by atoms with Crippen molar-refractivity contribution in [1.82, 2.24) is 14.8 Å². The molecule has 0 aliphatic heterocycles. The second-order valence-corrected chi connectivity index (χ2v) is 5.94. The highest BCUT2D eigenvalue weighted by Crippen LogP contribution is 2.18. The molecule has 0 amide bonds. The average Bonchev–Trinajstić information content (AvgIpc) is 3.01. The summed E-state index contributed by atoms with van der Waals surface area (Å²) in [7, 11) is 0. The summed E-state index contributed by atoms with van der Waals surface area (Å²) in [6.45, 7) is 4.29. The summed E-state index contributed by atoms with van der Waals surface area (Å²) in [4.78, 5) is 16.3. The van der Waals surface area contributed by atoms with Gasteiger partial charge >= 0.3 is 5.97 Å². The van der Waals surface area contributed by atoms with E-state index < -0.39 is 0 Å². The topological polar surface area (TPSA) is 57.0 Å². The van der Waals surface area contributed by atoms with Gasteiger partial charge in [-0.05, 0) is 56.0 Å². The van der Waals surface area contributed by atoms with Crippen LogP contribution in [0, 0.1) is 13.8 Å². The molecule has 5 nitrogen and oxygen atoms in total. The minimum absolute atomic E-state index is 0.327. The number of benzene rings is 1. The summed E-state index contributed by atoms with van der Waals surface area (Å²) in [6.07, 6.45) is 6.75. The minimum atomic E-state index is -0.327. The highest BCUT2D eigenvalue weighted by atomic mass is 16.5. The summed E-state index contributed by atoms with van der Waals surface area (Å²) in [5.41, 5.74) is 4.55. The lowest BCUT2D eigenvalue weighted by Crippen LogP contribution is -2.09. The number of aryl methyl sites for hydroxylation is 2. The van der Waals surface area contributed by atoms with Crippen molar-refractivity contribution in [3.05, 3.63) is 77.4 Å². The zero-order valence-electron chi connectivity index (χ0n) is 14.5. The average molecular weight is 335 g/mol. The molecule has 1 aromatic carbocycles. The van der Waals surface area contributed by atoms with Gasteiger partial charge in [-0.2, -0.15) is 5.10 Å². The molecule has 0 spiro atoms. The second-order valence-electron chi connectivity index (χ2n) is 5.94. The molecule has 0 bridgehead atoms. The molecule has 3 aromatic rings. The second kappa shape index (κ2) is 7.75. The summed E-state index contributed by atoms with van der Waals surface area (Å²) >= 11 is 0. The van der Waals surface area contributed by atoms with E-state index in [1.54, 1.807) is 23.3 Å². The van der Waals surface area contributed by atoms with Crippen LogP contribution in [0.1, 0.15) is 33.6 Å². The SMILES string of the molecule is Cc1ccccc1-n1ncc(C(=O)OCCCc2ccncc2)c1C. The van der Waals surface area contributed by atoms with Crippen LogP contribution in [0.15, 0.2) is 55.0 Å². The van der Waals surface area contributed by atoms with Crippen molar-refractivity contribution in [2.45, 2.75) is 26.7 Å². The Bertz CT molecular complexity index is 856. The number of pyridine rings is 1. The number of ether oxygens (including phenoxy) is 1. The largest absolute Gasteiger partial charge is 0.462 e. The normalized spacial score (nSPS) is 10.6. The Morgan fingerprint density at radius 2 is 1.88 bits per heavy atom. The summed E-state index contributed by atoms with van der Waals surface area (Å²) in [5, 5.41) is 4.35. The van der Waals surface area contributed by atoms with Crippen LogP contribution in [0.4, 0.5) is 0 Å². The van der Waals surface area contributed by atoms with Crippen LogP contribution in [0.5, 0.6) is 0 Å². The number of hydrogen-bond donors (Lipinski definition) is 0. The maximum absolute atomic E-state index is 12.3. The molecule has 0 radical (unpaired) electrons. The van der Waals surface area contributed by atoms with E-state index in [2.05, 4.69) is 10.1 Å². The fourth-order valence-electron chi connectivity index (χ4n) is 2.72. The third kappa shape index (κ3) is 3.94. The van der Waals surface area contributed by atoms with Crippen LogP contribution in [0.2, 0.25) is 0 Å². The smallest absolute Gasteiger partial charge is 0.341 e. The quantitative estimate of drug-likeness (QED) is 0.509. The molecular formula is C20H21N3O2. The lowest BCUT2D eigenvalue weighted by molar-refractivity contribution is 0.0499. The van der Waals surface area contributed by atoms with Crippen molar-refractivity contribution >= 4 is 5.97 Å². The number of rotatable bonds is 6. The first-order chi connectivity index (χ1) is 12.2. The predicted octanol–water partition coefficient (Wildman–Crippen LogP) is 3.67. The lowest BCUT2D eigenvalue weighted by atomic mass is 10.1. The van der Waals surface area contributed by atoms with Crippen LogP contribution in [-0.2, 0) is 11.2 Å². The van der Waals surface area contributed by atoms with E-state index in [9.17, 15) is 4.79 Å². The molecule has 0 aliphatic rings. The van der Waals surface area contributed by atoms with Gasteiger partial charge in [0.2, 0.25) is 0 Å². The number of hydrogen-bond acceptors (Lipinski definition) is 4. The fourth-order valence-corrected chi connectivity index (χ4v) is 2.72. The van der Waals surface area contributed by atoms with E-state index in [0.717, 1.165) is 29.8 Å². The summed E-state index contributed by atoms with van der Waals surface area (Å²) in [5.74, 6) is -0.327. The van der Waals surface area contributed by atoms with Gasteiger partial charge in [0, 0.05) is 12.4 Å². The van der Waals surface area contributed by atoms with Gasteiger partial charge in [0.05, 0.1) is 24.2 Å². The van der Waals surface area contributed by atoms with Crippen molar-refractivity contribution in [3.63, 3.8) is 0 Å². The first kappa shape index (κ1) is 16.9. The van der Waals surface area contributed by atoms with Crippen LogP contribution < -0.4 is 0 Å². The van der Waals surface area contributed by atoms with Crippen LogP contribution in [-0.4, -0.2) is 27.3 Å². The van der Waals surface area contributed by atoms with E-state index >= 15 is 0 Å². The third-order valence-electron chi connectivity index (χ3n) is 4.17. The predicted molar refractivity (Wildman–Crippen MR) is 95.9 cm³/mol. The van der Waals surface area contributed by atoms with Gasteiger partial charge < -0.3 is 4.74 Å². The van der Waals surface area contributed by atoms with Crippen molar-refractivity contribution < 1.29 is 9.53 Å². The third-order valence-corrected chi connectivity index (χ3v) is 4.17. The number of carbonyl (C=O) groups is 1. The number of nitrogens with zero attached hydrogens (tertiary/aromatic N) is 3. The van der Waals surface area contributed by atoms with Crippen molar-refractivity contribution in [2.24, 2.45) is 0 Å². The molecule has 3 rings (SSSR count). The molecule has 0 saturated carbocycles. The number of carbonyl (C=O) groups excluding carboxylic acids is 1. The van der Waals surface area contributed by atoms with Crippen LogP contribution in [0.3, 0.4) is 0 Å². The Morgan fingerprint density at radius 3 is 2.64 bits per heavy atom. The van der Waals surface area contributed by atoms with E-state index in [-0.39, 0.29) is 5.97 Å². The van der Waals surface area contributed by atoms with E-state index in [1.165, 1.54) is 5.56 Å². The zero-order valence-corrected chi connectivity index (χ0v) is 14.5. The van der Waals surface area contributed by atoms with Gasteiger partial charge in [-0.25, -0.2) is 9.48 Å². The fraction of sp³-hybridized carbons (Fsp3) is 0.250. The molecule has 2 aromatic heterocycles. The monoisotopic (exact) mass is 335 g/mol. The first-order valence-corrected chi connectivity index (χ1v) is 8.33. The van der Waals surface area contributed by atoms with Gasteiger partial charge in [-0.15, -0.1) is 0 Å². The molecular weight excluding hydrogens is 314 g/mol. The molecule has 0 unspecified atom stereocenters. The van der Waals surface area contributed by atoms with Crippen molar-refractivity contribution in [2.75, 3.05) is 6.61 Å². The van der Waals surface area contributed by atoms with Gasteiger partial charge in [0.25, 0.3) is 0 Å². The summed E-state index contributed by atoms with van der Waals surface area (Å²) in [6, 6.07) is 11.9. The Kier molecular flexibility index (Phi) is 5.23. The van der Waals surface area contributed by atoms with Gasteiger partial charge in [0.1, 0.15) is 5.56 Å². The number of esters is 1. The standard InChI is InChI=1S/C20H21N3O2/c1-15-6-3-4-8-19(15)23-16(2)18(14-22-23)20(24)25-13-5-7-17-9-11-21-12-10-17/h3-4,6,8-12,14H,5,7,13H2,1-2H3. The Morgan fingerprint density at radius 1 is 1.12 bits per heavy atom. The highest BCUT2D eigenvalue weighted by molar-refractivity contribution is 5.90. The minimum Gasteiger partial charge on any atom is -0.462 e. The van der Waals surface area contributed by atoms with Crippen molar-refractivity contribution in [1.29, 1.82) is 0 Å². The maximum atomic E-state index is 12.3. The molecule has 0 fully saturated rings. The Balaban J connectivity index is 1.61.